The van der Waals surface area contributed by atoms with Crippen molar-refractivity contribution < 1.29 is 0 Å². The highest BCUT2D eigenvalue weighted by Gasteiger charge is 2.27. The second-order valence-electron chi connectivity index (χ2n) is 13.9. The summed E-state index contributed by atoms with van der Waals surface area (Å²) in [5.41, 5.74) is 9.91. The molecule has 0 heterocycles. The molecule has 0 radical (unpaired) electrons. The maximum absolute atomic E-state index is 3.96. The molecule has 0 N–H and O–H groups in total. The molecule has 0 unspecified atom stereocenters. The molecule has 10 aromatic carbocycles. The second-order valence-corrected chi connectivity index (χ2v) is 35.8. The quantitative estimate of drug-likeness (QED) is 0.0917. The first kappa shape index (κ1) is 33.7. The summed E-state index contributed by atoms with van der Waals surface area (Å²) in [6.07, 6.45) is 0. The van der Waals surface area contributed by atoms with Gasteiger partial charge in [-0.15, -0.1) is 0 Å². The molecule has 0 aliphatic heterocycles. The van der Waals surface area contributed by atoms with Crippen molar-refractivity contribution in [2.75, 3.05) is 0 Å². The largest absolute Gasteiger partial charge is 0.297 e. The van der Waals surface area contributed by atoms with E-state index in [1.165, 1.54) is 104 Å². The van der Waals surface area contributed by atoms with Crippen LogP contribution in [-0.2, 0) is 0 Å². The minimum Gasteiger partial charge on any atom is -0.0910 e. The lowest BCUT2D eigenvalue weighted by Crippen LogP contribution is -2.27. The maximum atomic E-state index is 3.96. The van der Waals surface area contributed by atoms with Gasteiger partial charge in [0.25, 0.3) is 3.93 Å². The number of halogens is 3. The van der Waals surface area contributed by atoms with Gasteiger partial charge in [0.2, 0.25) is 0 Å². The molecule has 4 heteroatoms. The first-order valence-electron chi connectivity index (χ1n) is 18.1. The van der Waals surface area contributed by atoms with Gasteiger partial charge in [-0.05, 0) is 128 Å². The van der Waals surface area contributed by atoms with Crippen LogP contribution >= 0.6 is 45.9 Å². The summed E-state index contributed by atoms with van der Waals surface area (Å²) in [6, 6.07) is 69.3. The van der Waals surface area contributed by atoms with Gasteiger partial charge in [0.1, 0.15) is 0 Å². The monoisotopic (exact) mass is 896 g/mol. The van der Waals surface area contributed by atoms with Gasteiger partial charge in [-0.2, -0.15) is 0 Å². The summed E-state index contributed by atoms with van der Waals surface area (Å²) >= 11 is 11.9. The van der Waals surface area contributed by atoms with E-state index in [2.05, 4.69) is 234 Å². The van der Waals surface area contributed by atoms with Crippen LogP contribution in [0.4, 0.5) is 0 Å². The zero-order valence-electron chi connectivity index (χ0n) is 29.0. The van der Waals surface area contributed by atoms with Crippen LogP contribution in [0.5, 0.6) is 0 Å². The Labute approximate surface area is 338 Å². The lowest BCUT2D eigenvalue weighted by atomic mass is 9.82. The third-order valence-electron chi connectivity index (χ3n) is 10.8. The lowest BCUT2D eigenvalue weighted by molar-refractivity contribution is 1.65. The Morgan fingerprint density at radius 2 is 0.537 bits per heavy atom. The molecule has 10 rings (SSSR count). The molecule has 0 aliphatic carbocycles. The van der Waals surface area contributed by atoms with Gasteiger partial charge in [-0.3, -0.25) is 0 Å². The summed E-state index contributed by atoms with van der Waals surface area (Å²) in [4.78, 5) is 0. The number of benzene rings is 10. The van der Waals surface area contributed by atoms with Crippen LogP contribution in [0.2, 0.25) is 0 Å². The summed E-state index contributed by atoms with van der Waals surface area (Å²) in [5, 5.41) is 13.7. The normalized spacial score (nSPS) is 12.0. The van der Waals surface area contributed by atoms with E-state index in [0.29, 0.717) is 0 Å². The maximum Gasteiger partial charge on any atom is 0.297 e. The SMILES string of the molecule is Br[Si](Br)(Br)c1ccc2c(-c3ccccc3)c3cc4cc5c(-c6ccccc6)c6ccccc6c(-c6ccccc6)c5cc4cc3c(-c3ccccc3)c2c1. The van der Waals surface area contributed by atoms with Crippen molar-refractivity contribution in [3.63, 3.8) is 0 Å². The van der Waals surface area contributed by atoms with Crippen LogP contribution in [0.3, 0.4) is 0 Å². The van der Waals surface area contributed by atoms with Crippen LogP contribution in [0, 0.1) is 0 Å². The minimum atomic E-state index is -2.17. The van der Waals surface area contributed by atoms with Crippen molar-refractivity contribution in [3.05, 3.63) is 188 Å². The van der Waals surface area contributed by atoms with E-state index in [-0.39, 0.29) is 0 Å². The summed E-state index contributed by atoms with van der Waals surface area (Å²) in [5.74, 6) is 0. The predicted molar refractivity (Wildman–Crippen MR) is 248 cm³/mol. The molecule has 0 saturated heterocycles. The molecule has 54 heavy (non-hydrogen) atoms. The Bertz CT molecular complexity index is 3050. The van der Waals surface area contributed by atoms with Crippen molar-refractivity contribution in [1.82, 2.24) is 0 Å². The highest BCUT2D eigenvalue weighted by molar-refractivity contribution is 9.72. The fraction of sp³-hybridized carbons (Fsp3) is 0. The van der Waals surface area contributed by atoms with Crippen LogP contribution < -0.4 is 5.19 Å². The molecule has 10 aromatic rings. The van der Waals surface area contributed by atoms with E-state index >= 15 is 0 Å². The van der Waals surface area contributed by atoms with Gasteiger partial charge in [-0.1, -0.05) is 210 Å². The topological polar surface area (TPSA) is 0 Å². The number of rotatable bonds is 5. The van der Waals surface area contributed by atoms with Crippen molar-refractivity contribution in [3.8, 4) is 44.5 Å². The van der Waals surface area contributed by atoms with Crippen LogP contribution in [0.25, 0.3) is 98.4 Å². The average molecular weight is 900 g/mol. The minimum absolute atomic E-state index is 1.21. The van der Waals surface area contributed by atoms with Crippen molar-refractivity contribution >= 4 is 109 Å². The highest BCUT2D eigenvalue weighted by Crippen LogP contribution is 2.48. The molecule has 0 amide bonds. The van der Waals surface area contributed by atoms with E-state index in [1.54, 1.807) is 0 Å². The molecule has 0 fully saturated rings. The summed E-state index contributed by atoms with van der Waals surface area (Å²) < 4.78 is -2.17. The standard InChI is InChI=1S/C50H31Br3Si/c51-54(52,53)38-25-26-41-46(31-38)50(35-21-11-4-12-22-35)45-30-37-28-43-42(27-36(37)29-44(45)49(41)34-19-9-3-10-20-34)47(32-15-5-1-6-16-32)39-23-13-14-24-40(39)48(43)33-17-7-2-8-18-33/h1-31H. The molecular weight excluding hydrogens is 868 g/mol. The Morgan fingerprint density at radius 3 is 0.870 bits per heavy atom. The van der Waals surface area contributed by atoms with Crippen molar-refractivity contribution in [2.45, 2.75) is 0 Å². The van der Waals surface area contributed by atoms with E-state index in [1.807, 2.05) is 0 Å². The lowest BCUT2D eigenvalue weighted by Gasteiger charge is -2.21. The summed E-state index contributed by atoms with van der Waals surface area (Å²) in [6.45, 7) is 0. The molecule has 0 aliphatic rings. The highest BCUT2D eigenvalue weighted by atomic mass is 80.0. The number of fused-ring (bicyclic) bond motifs is 5. The Balaban J connectivity index is 1.43. The van der Waals surface area contributed by atoms with Gasteiger partial charge in [-0.25, -0.2) is 0 Å². The molecule has 0 aromatic heterocycles. The van der Waals surface area contributed by atoms with Crippen LogP contribution in [0.15, 0.2) is 188 Å². The van der Waals surface area contributed by atoms with Gasteiger partial charge in [0.15, 0.2) is 0 Å². The first-order valence-corrected chi connectivity index (χ1v) is 26.9. The van der Waals surface area contributed by atoms with Gasteiger partial charge >= 0.3 is 0 Å². The van der Waals surface area contributed by atoms with Crippen molar-refractivity contribution in [2.24, 2.45) is 0 Å². The number of hydrogen-bond acceptors (Lipinski definition) is 0. The molecule has 0 bridgehead atoms. The zero-order chi connectivity index (χ0) is 36.4. The smallest absolute Gasteiger partial charge is 0.0910 e. The van der Waals surface area contributed by atoms with E-state index in [9.17, 15) is 0 Å². The third-order valence-corrected chi connectivity index (χ3v) is 15.9. The Hall–Kier alpha value is -4.84. The van der Waals surface area contributed by atoms with Crippen LogP contribution in [0.1, 0.15) is 0 Å². The van der Waals surface area contributed by atoms with E-state index < -0.39 is 3.93 Å². The first-order chi connectivity index (χ1) is 26.4. The Morgan fingerprint density at radius 1 is 0.259 bits per heavy atom. The van der Waals surface area contributed by atoms with Gasteiger partial charge in [0, 0.05) is 0 Å². The molecule has 0 atom stereocenters. The fourth-order valence-corrected chi connectivity index (χ4v) is 11.3. The fourth-order valence-electron chi connectivity index (χ4n) is 8.49. The molecular formula is C50H31Br3Si. The molecule has 0 spiro atoms. The average Bonchev–Trinajstić information content (AvgIpc) is 3.21. The summed E-state index contributed by atoms with van der Waals surface area (Å²) in [7, 11) is 0. The zero-order valence-corrected chi connectivity index (χ0v) is 34.8. The second kappa shape index (κ2) is 13.5. The number of hydrogen-bond donors (Lipinski definition) is 0. The van der Waals surface area contributed by atoms with Crippen molar-refractivity contribution in [1.29, 1.82) is 0 Å². The van der Waals surface area contributed by atoms with E-state index in [0.717, 1.165) is 0 Å². The predicted octanol–water partition coefficient (Wildman–Crippen LogP) is 15.5. The van der Waals surface area contributed by atoms with Gasteiger partial charge < -0.3 is 0 Å². The molecule has 0 saturated carbocycles. The van der Waals surface area contributed by atoms with Gasteiger partial charge in [0.05, 0.1) is 0 Å². The Kier molecular flexibility index (Phi) is 8.41. The van der Waals surface area contributed by atoms with E-state index in [4.69, 9.17) is 0 Å². The molecule has 0 nitrogen and oxygen atoms in total. The third kappa shape index (κ3) is 5.67. The van der Waals surface area contributed by atoms with Crippen LogP contribution in [-0.4, -0.2) is 3.93 Å². The molecule has 256 valence electrons.